The molecule has 0 saturated heterocycles. The third-order valence-corrected chi connectivity index (χ3v) is 2.70. The van der Waals surface area contributed by atoms with Crippen LogP contribution in [0.1, 0.15) is 11.5 Å². The van der Waals surface area contributed by atoms with Gasteiger partial charge in [0.2, 0.25) is 0 Å². The molecule has 102 valence electrons. The molecule has 2 rings (SSSR count). The van der Waals surface area contributed by atoms with Gasteiger partial charge in [-0.2, -0.15) is 0 Å². The minimum atomic E-state index is -0.172. The van der Waals surface area contributed by atoms with Crippen molar-refractivity contribution in [2.24, 2.45) is 0 Å². The fourth-order valence-corrected chi connectivity index (χ4v) is 1.75. The quantitative estimate of drug-likeness (QED) is 0.762. The van der Waals surface area contributed by atoms with Gasteiger partial charge >= 0.3 is 0 Å². The zero-order valence-electron chi connectivity index (χ0n) is 11.0. The van der Waals surface area contributed by atoms with Crippen molar-refractivity contribution < 1.29 is 9.15 Å². The van der Waals surface area contributed by atoms with Crippen LogP contribution in [0.3, 0.4) is 0 Å². The van der Waals surface area contributed by atoms with Crippen molar-refractivity contribution in [2.75, 3.05) is 20.3 Å². The molecular formula is C13H17N3O3. The number of aryl methyl sites for hydroxylation is 1. The molecule has 2 aromatic heterocycles. The standard InChI is InChI=1S/C13H17N3O3/c1-9-11(3-5-19-9)13-15-10(7-12(17)16-13)8-14-4-6-18-2/h3,5,7,14H,4,6,8H2,1-2H3,(H,15,16,17). The normalized spacial score (nSPS) is 10.8. The van der Waals surface area contributed by atoms with E-state index in [1.165, 1.54) is 6.07 Å². The maximum absolute atomic E-state index is 11.6. The number of nitrogens with zero attached hydrogens (tertiary/aromatic N) is 1. The van der Waals surface area contributed by atoms with Gasteiger partial charge in [-0.1, -0.05) is 0 Å². The minimum Gasteiger partial charge on any atom is -0.469 e. The number of methoxy groups -OCH3 is 1. The summed E-state index contributed by atoms with van der Waals surface area (Å²) in [4.78, 5) is 18.8. The van der Waals surface area contributed by atoms with Crippen molar-refractivity contribution in [1.82, 2.24) is 15.3 Å². The van der Waals surface area contributed by atoms with Crippen molar-refractivity contribution in [2.45, 2.75) is 13.5 Å². The fourth-order valence-electron chi connectivity index (χ4n) is 1.75. The van der Waals surface area contributed by atoms with Crippen LogP contribution in [-0.4, -0.2) is 30.2 Å². The number of hydrogen-bond acceptors (Lipinski definition) is 5. The van der Waals surface area contributed by atoms with E-state index in [1.807, 2.05) is 6.92 Å². The maximum Gasteiger partial charge on any atom is 0.251 e. The number of H-pyrrole nitrogens is 1. The minimum absolute atomic E-state index is 0.172. The van der Waals surface area contributed by atoms with Crippen LogP contribution in [0.25, 0.3) is 11.4 Å². The first-order valence-corrected chi connectivity index (χ1v) is 6.05. The van der Waals surface area contributed by atoms with Crippen molar-refractivity contribution in [3.8, 4) is 11.4 Å². The highest BCUT2D eigenvalue weighted by Gasteiger charge is 2.08. The first kappa shape index (κ1) is 13.5. The lowest BCUT2D eigenvalue weighted by molar-refractivity contribution is 0.199. The Balaban J connectivity index is 2.16. The zero-order chi connectivity index (χ0) is 13.7. The summed E-state index contributed by atoms with van der Waals surface area (Å²) in [5, 5.41) is 3.15. The summed E-state index contributed by atoms with van der Waals surface area (Å²) in [7, 11) is 1.65. The molecule has 2 N–H and O–H groups in total. The zero-order valence-corrected chi connectivity index (χ0v) is 11.0. The van der Waals surface area contributed by atoms with Gasteiger partial charge in [-0.05, 0) is 13.0 Å². The van der Waals surface area contributed by atoms with E-state index in [4.69, 9.17) is 9.15 Å². The average molecular weight is 263 g/mol. The van der Waals surface area contributed by atoms with Crippen LogP contribution in [0, 0.1) is 6.92 Å². The molecule has 0 aliphatic heterocycles. The van der Waals surface area contributed by atoms with Crippen LogP contribution < -0.4 is 10.9 Å². The smallest absolute Gasteiger partial charge is 0.251 e. The monoisotopic (exact) mass is 263 g/mol. The van der Waals surface area contributed by atoms with Gasteiger partial charge < -0.3 is 19.5 Å². The first-order valence-electron chi connectivity index (χ1n) is 6.05. The van der Waals surface area contributed by atoms with E-state index in [-0.39, 0.29) is 5.56 Å². The summed E-state index contributed by atoms with van der Waals surface area (Å²) in [5.41, 5.74) is 1.32. The molecule has 2 heterocycles. The summed E-state index contributed by atoms with van der Waals surface area (Å²) in [6.07, 6.45) is 1.58. The van der Waals surface area contributed by atoms with Gasteiger partial charge in [-0.15, -0.1) is 0 Å². The Morgan fingerprint density at radius 3 is 3.05 bits per heavy atom. The van der Waals surface area contributed by atoms with E-state index in [1.54, 1.807) is 19.4 Å². The largest absolute Gasteiger partial charge is 0.469 e. The van der Waals surface area contributed by atoms with Gasteiger partial charge in [0.25, 0.3) is 5.56 Å². The predicted octanol–water partition coefficient (Wildman–Crippen LogP) is 1.07. The Labute approximate surface area is 110 Å². The number of rotatable bonds is 6. The lowest BCUT2D eigenvalue weighted by Gasteiger charge is -2.05. The molecule has 0 aromatic carbocycles. The number of aromatic amines is 1. The summed E-state index contributed by atoms with van der Waals surface area (Å²) in [5.74, 6) is 1.26. The average Bonchev–Trinajstić information content (AvgIpc) is 2.80. The molecule has 2 aromatic rings. The fraction of sp³-hybridized carbons (Fsp3) is 0.385. The maximum atomic E-state index is 11.6. The molecular weight excluding hydrogens is 246 g/mol. The molecule has 0 aliphatic carbocycles. The van der Waals surface area contributed by atoms with Crippen LogP contribution >= 0.6 is 0 Å². The van der Waals surface area contributed by atoms with E-state index in [0.717, 1.165) is 11.3 Å². The second-order valence-electron chi connectivity index (χ2n) is 4.15. The predicted molar refractivity (Wildman–Crippen MR) is 70.9 cm³/mol. The topological polar surface area (TPSA) is 80.1 Å². The van der Waals surface area contributed by atoms with E-state index in [9.17, 15) is 4.79 Å². The Hall–Kier alpha value is -1.92. The molecule has 0 radical (unpaired) electrons. The van der Waals surface area contributed by atoms with E-state index >= 15 is 0 Å². The second-order valence-corrected chi connectivity index (χ2v) is 4.15. The van der Waals surface area contributed by atoms with Gasteiger partial charge in [0.15, 0.2) is 0 Å². The molecule has 19 heavy (non-hydrogen) atoms. The van der Waals surface area contributed by atoms with Gasteiger partial charge in [-0.3, -0.25) is 4.79 Å². The Morgan fingerprint density at radius 1 is 1.53 bits per heavy atom. The molecule has 6 heteroatoms. The van der Waals surface area contributed by atoms with Gasteiger partial charge in [0, 0.05) is 26.3 Å². The number of ether oxygens (including phenoxy) is 1. The summed E-state index contributed by atoms with van der Waals surface area (Å²) < 4.78 is 10.2. The summed E-state index contributed by atoms with van der Waals surface area (Å²) in [6, 6.07) is 3.27. The molecule has 0 aliphatic rings. The number of hydrogen-bond donors (Lipinski definition) is 2. The highest BCUT2D eigenvalue weighted by atomic mass is 16.5. The van der Waals surface area contributed by atoms with Crippen LogP contribution in [-0.2, 0) is 11.3 Å². The highest BCUT2D eigenvalue weighted by Crippen LogP contribution is 2.19. The number of nitrogens with one attached hydrogen (secondary N) is 2. The van der Waals surface area contributed by atoms with E-state index in [0.29, 0.717) is 31.2 Å². The summed E-state index contributed by atoms with van der Waals surface area (Å²) >= 11 is 0. The number of furan rings is 1. The molecule has 0 saturated carbocycles. The second kappa shape index (κ2) is 6.31. The van der Waals surface area contributed by atoms with Crippen molar-refractivity contribution in [1.29, 1.82) is 0 Å². The lowest BCUT2D eigenvalue weighted by atomic mass is 10.2. The summed E-state index contributed by atoms with van der Waals surface area (Å²) in [6.45, 7) is 3.69. The molecule has 0 amide bonds. The van der Waals surface area contributed by atoms with E-state index in [2.05, 4.69) is 15.3 Å². The van der Waals surface area contributed by atoms with Gasteiger partial charge in [-0.25, -0.2) is 4.98 Å². The lowest BCUT2D eigenvalue weighted by Crippen LogP contribution is -2.21. The SMILES string of the molecule is COCCNCc1cc(=O)[nH]c(-c2ccoc2C)n1. The van der Waals surface area contributed by atoms with E-state index < -0.39 is 0 Å². The molecule has 0 bridgehead atoms. The van der Waals surface area contributed by atoms with Crippen LogP contribution in [0.4, 0.5) is 0 Å². The molecule has 0 atom stereocenters. The highest BCUT2D eigenvalue weighted by molar-refractivity contribution is 5.56. The third kappa shape index (κ3) is 3.52. The molecule has 0 fully saturated rings. The van der Waals surface area contributed by atoms with Crippen molar-refractivity contribution >= 4 is 0 Å². The third-order valence-electron chi connectivity index (χ3n) is 2.70. The van der Waals surface area contributed by atoms with Crippen LogP contribution in [0.15, 0.2) is 27.6 Å². The van der Waals surface area contributed by atoms with Crippen LogP contribution in [0.2, 0.25) is 0 Å². The molecule has 6 nitrogen and oxygen atoms in total. The van der Waals surface area contributed by atoms with Crippen molar-refractivity contribution in [3.05, 3.63) is 40.2 Å². The Bertz CT molecular complexity index is 589. The van der Waals surface area contributed by atoms with Crippen molar-refractivity contribution in [3.63, 3.8) is 0 Å². The first-order chi connectivity index (χ1) is 9.20. The Kier molecular flexibility index (Phi) is 4.48. The van der Waals surface area contributed by atoms with Gasteiger partial charge in [0.1, 0.15) is 11.6 Å². The number of aromatic nitrogens is 2. The van der Waals surface area contributed by atoms with Gasteiger partial charge in [0.05, 0.1) is 24.1 Å². The van der Waals surface area contributed by atoms with Crippen LogP contribution in [0.5, 0.6) is 0 Å². The Morgan fingerprint density at radius 2 is 2.37 bits per heavy atom. The molecule has 0 unspecified atom stereocenters. The molecule has 0 spiro atoms.